The summed E-state index contributed by atoms with van der Waals surface area (Å²) in [5.41, 5.74) is 1.99. The summed E-state index contributed by atoms with van der Waals surface area (Å²) >= 11 is 0. The molecule has 0 radical (unpaired) electrons. The number of nitrogens with zero attached hydrogens (tertiary/aromatic N) is 3. The summed E-state index contributed by atoms with van der Waals surface area (Å²) < 4.78 is 5.52. The topological polar surface area (TPSA) is 47.9 Å². The van der Waals surface area contributed by atoms with E-state index in [9.17, 15) is 0 Å². The zero-order chi connectivity index (χ0) is 12.1. The van der Waals surface area contributed by atoms with Crippen molar-refractivity contribution in [3.8, 4) is 6.01 Å². The molecule has 0 saturated carbocycles. The maximum absolute atomic E-state index is 5.52. The van der Waals surface area contributed by atoms with Gasteiger partial charge in [0.25, 0.3) is 0 Å². The highest BCUT2D eigenvalue weighted by molar-refractivity contribution is 5.11. The normalized spacial score (nSPS) is 10.5. The van der Waals surface area contributed by atoms with Crippen LogP contribution < -0.4 is 4.74 Å². The quantitative estimate of drug-likeness (QED) is 0.808. The van der Waals surface area contributed by atoms with E-state index in [2.05, 4.69) is 28.8 Å². The van der Waals surface area contributed by atoms with E-state index in [1.807, 2.05) is 18.2 Å². The fraction of sp³-hybridized carbons (Fsp3) is 0.308. The van der Waals surface area contributed by atoms with Gasteiger partial charge in [-0.2, -0.15) is 4.98 Å². The Labute approximate surface area is 101 Å². The molecule has 0 aromatic carbocycles. The SMILES string of the molecule is CC(C)c1ccnc(OCc2cccnc2)n1. The summed E-state index contributed by atoms with van der Waals surface area (Å²) in [6.45, 7) is 4.62. The second-order valence-corrected chi connectivity index (χ2v) is 4.07. The highest BCUT2D eigenvalue weighted by Crippen LogP contribution is 2.13. The largest absolute Gasteiger partial charge is 0.459 e. The Morgan fingerprint density at radius 3 is 2.82 bits per heavy atom. The third-order valence-corrected chi connectivity index (χ3v) is 2.34. The Kier molecular flexibility index (Phi) is 3.65. The van der Waals surface area contributed by atoms with Crippen LogP contribution in [0.15, 0.2) is 36.8 Å². The number of pyridine rings is 1. The molecule has 88 valence electrons. The van der Waals surface area contributed by atoms with Crippen molar-refractivity contribution in [1.82, 2.24) is 15.0 Å². The molecule has 2 rings (SSSR count). The van der Waals surface area contributed by atoms with Gasteiger partial charge in [-0.1, -0.05) is 19.9 Å². The summed E-state index contributed by atoms with van der Waals surface area (Å²) in [6, 6.07) is 6.16. The molecule has 0 unspecified atom stereocenters. The lowest BCUT2D eigenvalue weighted by molar-refractivity contribution is 0.279. The molecule has 0 aliphatic rings. The van der Waals surface area contributed by atoms with Gasteiger partial charge in [0, 0.05) is 24.2 Å². The summed E-state index contributed by atoms with van der Waals surface area (Å²) in [7, 11) is 0. The Morgan fingerprint density at radius 2 is 2.12 bits per heavy atom. The average molecular weight is 229 g/mol. The van der Waals surface area contributed by atoms with Crippen LogP contribution in [-0.2, 0) is 6.61 Å². The maximum atomic E-state index is 5.52. The van der Waals surface area contributed by atoms with Crippen molar-refractivity contribution < 1.29 is 4.74 Å². The van der Waals surface area contributed by atoms with Gasteiger partial charge in [-0.15, -0.1) is 0 Å². The van der Waals surface area contributed by atoms with Crippen LogP contribution in [0.5, 0.6) is 6.01 Å². The number of hydrogen-bond donors (Lipinski definition) is 0. The minimum atomic E-state index is 0.374. The van der Waals surface area contributed by atoms with Crippen LogP contribution in [-0.4, -0.2) is 15.0 Å². The first-order valence-corrected chi connectivity index (χ1v) is 5.60. The minimum absolute atomic E-state index is 0.374. The van der Waals surface area contributed by atoms with Crippen molar-refractivity contribution in [3.05, 3.63) is 48.0 Å². The first-order valence-electron chi connectivity index (χ1n) is 5.60. The molecule has 0 saturated heterocycles. The van der Waals surface area contributed by atoms with E-state index in [0.29, 0.717) is 18.5 Å². The van der Waals surface area contributed by atoms with Crippen LogP contribution in [0.3, 0.4) is 0 Å². The van der Waals surface area contributed by atoms with Crippen molar-refractivity contribution >= 4 is 0 Å². The highest BCUT2D eigenvalue weighted by Gasteiger charge is 2.04. The molecule has 0 amide bonds. The van der Waals surface area contributed by atoms with Gasteiger partial charge in [-0.25, -0.2) is 4.98 Å². The van der Waals surface area contributed by atoms with Gasteiger partial charge >= 0.3 is 6.01 Å². The molecule has 0 bridgehead atoms. The van der Waals surface area contributed by atoms with Crippen molar-refractivity contribution in [2.45, 2.75) is 26.4 Å². The van der Waals surface area contributed by atoms with E-state index in [1.54, 1.807) is 18.6 Å². The second kappa shape index (κ2) is 5.39. The Morgan fingerprint density at radius 1 is 1.24 bits per heavy atom. The number of ether oxygens (including phenoxy) is 1. The standard InChI is InChI=1S/C13H15N3O/c1-10(2)12-5-7-15-13(16-12)17-9-11-4-3-6-14-8-11/h3-8,10H,9H2,1-2H3. The zero-order valence-electron chi connectivity index (χ0n) is 10.00. The van der Waals surface area contributed by atoms with Gasteiger partial charge < -0.3 is 4.74 Å². The molecule has 4 heteroatoms. The molecule has 0 aliphatic carbocycles. The van der Waals surface area contributed by atoms with Crippen LogP contribution in [0.25, 0.3) is 0 Å². The number of hydrogen-bond acceptors (Lipinski definition) is 4. The van der Waals surface area contributed by atoms with Crippen LogP contribution in [0.2, 0.25) is 0 Å². The van der Waals surface area contributed by atoms with Gasteiger partial charge in [-0.3, -0.25) is 4.98 Å². The van der Waals surface area contributed by atoms with Crippen molar-refractivity contribution in [3.63, 3.8) is 0 Å². The smallest absolute Gasteiger partial charge is 0.316 e. The van der Waals surface area contributed by atoms with Crippen LogP contribution in [0, 0.1) is 0 Å². The zero-order valence-corrected chi connectivity index (χ0v) is 10.00. The fourth-order valence-corrected chi connectivity index (χ4v) is 1.38. The van der Waals surface area contributed by atoms with Gasteiger partial charge in [-0.05, 0) is 18.1 Å². The number of aromatic nitrogens is 3. The lowest BCUT2D eigenvalue weighted by Gasteiger charge is -2.07. The molecule has 0 aliphatic heterocycles. The van der Waals surface area contributed by atoms with Gasteiger partial charge in [0.1, 0.15) is 6.61 Å². The summed E-state index contributed by atoms with van der Waals surface area (Å²) in [5, 5.41) is 0. The fourth-order valence-electron chi connectivity index (χ4n) is 1.38. The van der Waals surface area contributed by atoms with Crippen molar-refractivity contribution in [2.75, 3.05) is 0 Å². The average Bonchev–Trinajstić information content (AvgIpc) is 2.38. The molecule has 4 nitrogen and oxygen atoms in total. The van der Waals surface area contributed by atoms with Crippen molar-refractivity contribution in [2.24, 2.45) is 0 Å². The maximum Gasteiger partial charge on any atom is 0.316 e. The van der Waals surface area contributed by atoms with Crippen LogP contribution in [0.1, 0.15) is 31.0 Å². The van der Waals surface area contributed by atoms with Crippen LogP contribution >= 0.6 is 0 Å². The minimum Gasteiger partial charge on any atom is -0.459 e. The Hall–Kier alpha value is -1.97. The molecule has 2 aromatic heterocycles. The molecular weight excluding hydrogens is 214 g/mol. The first kappa shape index (κ1) is 11.5. The van der Waals surface area contributed by atoms with E-state index in [-0.39, 0.29) is 0 Å². The van der Waals surface area contributed by atoms with E-state index < -0.39 is 0 Å². The summed E-state index contributed by atoms with van der Waals surface area (Å²) in [5.74, 6) is 0.374. The lowest BCUT2D eigenvalue weighted by Crippen LogP contribution is -2.02. The Bertz CT molecular complexity index is 471. The molecule has 0 N–H and O–H groups in total. The first-order chi connectivity index (χ1) is 8.25. The third-order valence-electron chi connectivity index (χ3n) is 2.34. The molecule has 2 aromatic rings. The summed E-state index contributed by atoms with van der Waals surface area (Å²) in [6.07, 6.45) is 5.23. The van der Waals surface area contributed by atoms with E-state index in [1.165, 1.54) is 0 Å². The Balaban J connectivity index is 2.02. The molecule has 0 spiro atoms. The van der Waals surface area contributed by atoms with Gasteiger partial charge in [0.05, 0.1) is 5.69 Å². The lowest BCUT2D eigenvalue weighted by atomic mass is 10.1. The van der Waals surface area contributed by atoms with E-state index >= 15 is 0 Å². The monoisotopic (exact) mass is 229 g/mol. The molecule has 17 heavy (non-hydrogen) atoms. The highest BCUT2D eigenvalue weighted by atomic mass is 16.5. The van der Waals surface area contributed by atoms with Crippen LogP contribution in [0.4, 0.5) is 0 Å². The van der Waals surface area contributed by atoms with Gasteiger partial charge in [0.15, 0.2) is 0 Å². The molecule has 0 atom stereocenters. The molecule has 2 heterocycles. The van der Waals surface area contributed by atoms with E-state index in [0.717, 1.165) is 11.3 Å². The van der Waals surface area contributed by atoms with Gasteiger partial charge in [0.2, 0.25) is 0 Å². The predicted molar refractivity (Wildman–Crippen MR) is 64.7 cm³/mol. The van der Waals surface area contributed by atoms with Crippen molar-refractivity contribution in [1.29, 1.82) is 0 Å². The molecule has 0 fully saturated rings. The van der Waals surface area contributed by atoms with E-state index in [4.69, 9.17) is 4.74 Å². The summed E-state index contributed by atoms with van der Waals surface area (Å²) in [4.78, 5) is 12.4. The second-order valence-electron chi connectivity index (χ2n) is 4.07. The predicted octanol–water partition coefficient (Wildman–Crippen LogP) is 2.57. The molecular formula is C13H15N3O. The third kappa shape index (κ3) is 3.24. The number of rotatable bonds is 4.